The lowest BCUT2D eigenvalue weighted by Crippen LogP contribution is -2.43. The molecule has 0 spiro atoms. The minimum Gasteiger partial charge on any atom is -0.395 e. The van der Waals surface area contributed by atoms with Crippen LogP contribution < -0.4 is 4.90 Å². The van der Waals surface area contributed by atoms with E-state index in [4.69, 9.17) is 5.11 Å². The van der Waals surface area contributed by atoms with Gasteiger partial charge < -0.3 is 10.0 Å². The fourth-order valence-corrected chi connectivity index (χ4v) is 2.56. The fraction of sp³-hybridized carbons (Fsp3) is 0.533. The summed E-state index contributed by atoms with van der Waals surface area (Å²) in [5, 5.41) is 8.98. The van der Waals surface area contributed by atoms with Gasteiger partial charge in [-0.05, 0) is 31.0 Å². The van der Waals surface area contributed by atoms with Gasteiger partial charge in [-0.25, -0.2) is 0 Å². The summed E-state index contributed by atoms with van der Waals surface area (Å²) in [5.74, 6) is 0.127. The van der Waals surface area contributed by atoms with Crippen LogP contribution in [0.5, 0.6) is 0 Å². The summed E-state index contributed by atoms with van der Waals surface area (Å²) in [6.45, 7) is 4.61. The van der Waals surface area contributed by atoms with E-state index >= 15 is 0 Å². The number of nitrogens with zero attached hydrogens (tertiary/aromatic N) is 2. The van der Waals surface area contributed by atoms with Gasteiger partial charge in [-0.2, -0.15) is 0 Å². The monoisotopic (exact) mass is 262 g/mol. The van der Waals surface area contributed by atoms with Crippen molar-refractivity contribution in [3.05, 3.63) is 29.8 Å². The number of fused-ring (bicyclic) bond motifs is 1. The van der Waals surface area contributed by atoms with Crippen LogP contribution in [0.15, 0.2) is 24.3 Å². The van der Waals surface area contributed by atoms with Crippen molar-refractivity contribution in [2.75, 3.05) is 37.7 Å². The predicted octanol–water partition coefficient (Wildman–Crippen LogP) is 1.28. The van der Waals surface area contributed by atoms with Crippen LogP contribution in [0.25, 0.3) is 0 Å². The van der Waals surface area contributed by atoms with E-state index in [0.717, 1.165) is 31.6 Å². The van der Waals surface area contributed by atoms with Gasteiger partial charge in [0.25, 0.3) is 0 Å². The first-order valence-corrected chi connectivity index (χ1v) is 6.97. The molecule has 0 radical (unpaired) electrons. The van der Waals surface area contributed by atoms with Gasteiger partial charge in [-0.3, -0.25) is 9.69 Å². The summed E-state index contributed by atoms with van der Waals surface area (Å²) >= 11 is 0. The van der Waals surface area contributed by atoms with Gasteiger partial charge in [0.2, 0.25) is 5.91 Å². The Morgan fingerprint density at radius 1 is 1.42 bits per heavy atom. The van der Waals surface area contributed by atoms with Crippen LogP contribution >= 0.6 is 0 Å². The Kier molecular flexibility index (Phi) is 4.93. The molecule has 0 saturated heterocycles. The van der Waals surface area contributed by atoms with Crippen LogP contribution in [0.2, 0.25) is 0 Å². The maximum absolute atomic E-state index is 12.4. The maximum atomic E-state index is 12.4. The first-order valence-electron chi connectivity index (χ1n) is 6.97. The van der Waals surface area contributed by atoms with Crippen molar-refractivity contribution in [3.63, 3.8) is 0 Å². The SMILES string of the molecule is CCN(CCO)CC(=O)N1CCCc2ccccc21. The second-order valence-corrected chi connectivity index (χ2v) is 4.87. The number of carbonyl (C=O) groups excluding carboxylic acids is 1. The first-order chi connectivity index (χ1) is 9.26. The second-order valence-electron chi connectivity index (χ2n) is 4.87. The molecule has 1 N–H and O–H groups in total. The third kappa shape index (κ3) is 3.33. The summed E-state index contributed by atoms with van der Waals surface area (Å²) in [4.78, 5) is 16.3. The number of rotatable bonds is 5. The van der Waals surface area contributed by atoms with Crippen LogP contribution in [0.3, 0.4) is 0 Å². The molecule has 0 fully saturated rings. The molecule has 0 aliphatic carbocycles. The molecular weight excluding hydrogens is 240 g/mol. The topological polar surface area (TPSA) is 43.8 Å². The Morgan fingerprint density at radius 3 is 2.95 bits per heavy atom. The van der Waals surface area contributed by atoms with Gasteiger partial charge in [0.05, 0.1) is 13.2 Å². The number of aliphatic hydroxyl groups is 1. The average Bonchev–Trinajstić information content (AvgIpc) is 2.46. The van der Waals surface area contributed by atoms with Gasteiger partial charge in [-0.15, -0.1) is 0 Å². The highest BCUT2D eigenvalue weighted by atomic mass is 16.3. The number of benzene rings is 1. The summed E-state index contributed by atoms with van der Waals surface area (Å²) in [5.41, 5.74) is 2.31. The first kappa shape index (κ1) is 14.0. The van der Waals surface area contributed by atoms with E-state index in [-0.39, 0.29) is 12.5 Å². The molecule has 1 aliphatic rings. The largest absolute Gasteiger partial charge is 0.395 e. The number of anilines is 1. The second kappa shape index (κ2) is 6.68. The van der Waals surface area contributed by atoms with Crippen molar-refractivity contribution >= 4 is 11.6 Å². The van der Waals surface area contributed by atoms with Crippen molar-refractivity contribution in [1.29, 1.82) is 0 Å². The van der Waals surface area contributed by atoms with Crippen LogP contribution in [0, 0.1) is 0 Å². The molecule has 19 heavy (non-hydrogen) atoms. The molecule has 4 nitrogen and oxygen atoms in total. The maximum Gasteiger partial charge on any atom is 0.241 e. The van der Waals surface area contributed by atoms with Crippen molar-refractivity contribution in [2.45, 2.75) is 19.8 Å². The van der Waals surface area contributed by atoms with E-state index in [9.17, 15) is 4.79 Å². The molecular formula is C15H22N2O2. The highest BCUT2D eigenvalue weighted by Crippen LogP contribution is 2.26. The zero-order chi connectivity index (χ0) is 13.7. The molecule has 104 valence electrons. The normalized spacial score (nSPS) is 14.6. The molecule has 0 saturated carbocycles. The summed E-state index contributed by atoms with van der Waals surface area (Å²) in [6.07, 6.45) is 2.07. The Labute approximate surface area is 114 Å². The van der Waals surface area contributed by atoms with E-state index in [2.05, 4.69) is 6.07 Å². The molecule has 1 aromatic rings. The van der Waals surface area contributed by atoms with Crippen LogP contribution in [0.4, 0.5) is 5.69 Å². The van der Waals surface area contributed by atoms with Crippen LogP contribution in [0.1, 0.15) is 18.9 Å². The highest BCUT2D eigenvalue weighted by Gasteiger charge is 2.23. The highest BCUT2D eigenvalue weighted by molar-refractivity contribution is 5.95. The molecule has 1 aliphatic heterocycles. The van der Waals surface area contributed by atoms with Crippen LogP contribution in [-0.2, 0) is 11.2 Å². The molecule has 1 amide bonds. The Balaban J connectivity index is 2.08. The Bertz CT molecular complexity index is 434. The molecule has 4 heteroatoms. The Hall–Kier alpha value is -1.39. The molecule has 2 rings (SSSR count). The van der Waals surface area contributed by atoms with Gasteiger partial charge in [0.15, 0.2) is 0 Å². The molecule has 0 bridgehead atoms. The molecule has 1 aromatic carbocycles. The number of hydrogen-bond acceptors (Lipinski definition) is 3. The van der Waals surface area contributed by atoms with Gasteiger partial charge in [-0.1, -0.05) is 25.1 Å². The van der Waals surface area contributed by atoms with Gasteiger partial charge in [0, 0.05) is 18.8 Å². The minimum absolute atomic E-state index is 0.0949. The quantitative estimate of drug-likeness (QED) is 0.869. The average molecular weight is 262 g/mol. The number of aliphatic hydroxyl groups excluding tert-OH is 1. The lowest BCUT2D eigenvalue weighted by Gasteiger charge is -2.31. The number of hydrogen-bond donors (Lipinski definition) is 1. The summed E-state index contributed by atoms with van der Waals surface area (Å²) in [6, 6.07) is 8.13. The number of aryl methyl sites for hydroxylation is 1. The lowest BCUT2D eigenvalue weighted by atomic mass is 10.0. The minimum atomic E-state index is 0.0949. The van der Waals surface area contributed by atoms with Crippen molar-refractivity contribution in [1.82, 2.24) is 4.90 Å². The number of para-hydroxylation sites is 1. The third-order valence-electron chi connectivity index (χ3n) is 3.63. The van der Waals surface area contributed by atoms with E-state index in [1.54, 1.807) is 0 Å². The van der Waals surface area contributed by atoms with Crippen molar-refractivity contribution in [3.8, 4) is 0 Å². The van der Waals surface area contributed by atoms with Crippen molar-refractivity contribution < 1.29 is 9.90 Å². The predicted molar refractivity (Wildman–Crippen MR) is 76.3 cm³/mol. The Morgan fingerprint density at radius 2 is 2.21 bits per heavy atom. The molecule has 0 unspecified atom stereocenters. The van der Waals surface area contributed by atoms with Gasteiger partial charge in [0.1, 0.15) is 0 Å². The van der Waals surface area contributed by atoms with Gasteiger partial charge >= 0.3 is 0 Å². The standard InChI is InChI=1S/C15H22N2O2/c1-2-16(10-11-18)12-15(19)17-9-5-7-13-6-3-4-8-14(13)17/h3-4,6,8,18H,2,5,7,9-12H2,1H3. The van der Waals surface area contributed by atoms with Crippen molar-refractivity contribution in [2.24, 2.45) is 0 Å². The molecule has 0 aromatic heterocycles. The number of amides is 1. The lowest BCUT2D eigenvalue weighted by molar-refractivity contribution is -0.119. The van der Waals surface area contributed by atoms with Crippen LogP contribution in [-0.4, -0.2) is 48.7 Å². The van der Waals surface area contributed by atoms with E-state index in [1.807, 2.05) is 34.9 Å². The van der Waals surface area contributed by atoms with E-state index < -0.39 is 0 Å². The smallest absolute Gasteiger partial charge is 0.241 e. The zero-order valence-corrected chi connectivity index (χ0v) is 11.5. The van der Waals surface area contributed by atoms with E-state index in [0.29, 0.717) is 13.1 Å². The fourth-order valence-electron chi connectivity index (χ4n) is 2.56. The van der Waals surface area contributed by atoms with E-state index in [1.165, 1.54) is 5.56 Å². The summed E-state index contributed by atoms with van der Waals surface area (Å²) in [7, 11) is 0. The third-order valence-corrected chi connectivity index (χ3v) is 3.63. The zero-order valence-electron chi connectivity index (χ0n) is 11.5. The molecule has 0 atom stereocenters. The molecule has 1 heterocycles. The number of likely N-dealkylation sites (N-methyl/N-ethyl adjacent to an activating group) is 1. The number of carbonyl (C=O) groups is 1. The summed E-state index contributed by atoms with van der Waals surface area (Å²) < 4.78 is 0.